The lowest BCUT2D eigenvalue weighted by molar-refractivity contribution is -0.128. The Hall–Kier alpha value is -2.74. The van der Waals surface area contributed by atoms with Gasteiger partial charge in [-0.05, 0) is 56.2 Å². The quantitative estimate of drug-likeness (QED) is 0.870. The first-order chi connectivity index (χ1) is 12.7. The summed E-state index contributed by atoms with van der Waals surface area (Å²) in [6, 6.07) is 8.80. The van der Waals surface area contributed by atoms with Crippen LogP contribution in [0, 0.1) is 19.7 Å². The second-order valence-corrected chi connectivity index (χ2v) is 8.33. The lowest BCUT2D eigenvalue weighted by Gasteiger charge is -2.24. The van der Waals surface area contributed by atoms with E-state index in [4.69, 9.17) is 0 Å². The molecule has 1 atom stereocenters. The van der Waals surface area contributed by atoms with Crippen LogP contribution in [-0.4, -0.2) is 30.6 Å². The van der Waals surface area contributed by atoms with Crippen LogP contribution in [-0.2, 0) is 19.6 Å². The van der Waals surface area contributed by atoms with Crippen LogP contribution in [0.5, 0.6) is 0 Å². The van der Waals surface area contributed by atoms with Crippen molar-refractivity contribution in [3.63, 3.8) is 0 Å². The molecule has 1 fully saturated rings. The summed E-state index contributed by atoms with van der Waals surface area (Å²) in [5, 5.41) is 2.60. The van der Waals surface area contributed by atoms with Gasteiger partial charge < -0.3 is 5.32 Å². The van der Waals surface area contributed by atoms with Crippen molar-refractivity contribution in [1.82, 2.24) is 4.31 Å². The summed E-state index contributed by atoms with van der Waals surface area (Å²) in [5.74, 6) is -1.68. The monoisotopic (exact) mass is 390 g/mol. The zero-order chi connectivity index (χ0) is 19.8. The van der Waals surface area contributed by atoms with Gasteiger partial charge in [0.15, 0.2) is 0 Å². The topological polar surface area (TPSA) is 83.6 Å². The smallest absolute Gasteiger partial charge is 0.267 e. The number of nitrogens with zero attached hydrogens (tertiary/aromatic N) is 1. The lowest BCUT2D eigenvalue weighted by atomic mass is 10.1. The predicted octanol–water partition coefficient (Wildman–Crippen LogP) is 2.76. The molecule has 8 heteroatoms. The number of rotatable bonds is 4. The molecule has 0 saturated carbocycles. The Morgan fingerprint density at radius 3 is 2.44 bits per heavy atom. The summed E-state index contributed by atoms with van der Waals surface area (Å²) in [5.41, 5.74) is 1.75. The Bertz CT molecular complexity index is 1000. The van der Waals surface area contributed by atoms with E-state index in [1.165, 1.54) is 30.3 Å². The highest BCUT2D eigenvalue weighted by molar-refractivity contribution is 7.89. The Balaban J connectivity index is 1.89. The van der Waals surface area contributed by atoms with E-state index in [0.29, 0.717) is 15.6 Å². The highest BCUT2D eigenvalue weighted by Crippen LogP contribution is 2.28. The number of anilines is 1. The minimum atomic E-state index is -4.15. The van der Waals surface area contributed by atoms with E-state index in [1.807, 2.05) is 6.92 Å². The molecular formula is C19H19FN2O4S. The summed E-state index contributed by atoms with van der Waals surface area (Å²) >= 11 is 0. The van der Waals surface area contributed by atoms with Crippen molar-refractivity contribution in [3.8, 4) is 0 Å². The van der Waals surface area contributed by atoms with Crippen LogP contribution in [0.2, 0.25) is 0 Å². The van der Waals surface area contributed by atoms with Crippen LogP contribution in [0.25, 0.3) is 0 Å². The normalized spacial score (nSPS) is 17.2. The number of aryl methyl sites for hydroxylation is 2. The minimum Gasteiger partial charge on any atom is -0.324 e. The fourth-order valence-electron chi connectivity index (χ4n) is 3.01. The van der Waals surface area contributed by atoms with Crippen molar-refractivity contribution >= 4 is 27.5 Å². The molecule has 0 spiro atoms. The average molecular weight is 390 g/mol. The van der Waals surface area contributed by atoms with Gasteiger partial charge in [-0.2, -0.15) is 0 Å². The van der Waals surface area contributed by atoms with E-state index in [1.54, 1.807) is 19.1 Å². The summed E-state index contributed by atoms with van der Waals surface area (Å²) in [4.78, 5) is 24.9. The van der Waals surface area contributed by atoms with E-state index in [2.05, 4.69) is 5.32 Å². The van der Waals surface area contributed by atoms with Crippen LogP contribution in [0.4, 0.5) is 10.1 Å². The average Bonchev–Trinajstić information content (AvgIpc) is 3.00. The van der Waals surface area contributed by atoms with Crippen molar-refractivity contribution < 1.29 is 22.4 Å². The first-order valence-corrected chi connectivity index (χ1v) is 9.85. The Labute approximate surface area is 157 Å². The van der Waals surface area contributed by atoms with Gasteiger partial charge in [0.25, 0.3) is 10.0 Å². The molecule has 3 rings (SSSR count). The summed E-state index contributed by atoms with van der Waals surface area (Å²) in [6.45, 7) is 3.44. The second-order valence-electron chi connectivity index (χ2n) is 6.51. The van der Waals surface area contributed by atoms with Crippen molar-refractivity contribution in [2.45, 2.75) is 37.6 Å². The molecule has 142 valence electrons. The number of halogens is 1. The van der Waals surface area contributed by atoms with Crippen molar-refractivity contribution in [2.24, 2.45) is 0 Å². The maximum atomic E-state index is 13.2. The Morgan fingerprint density at radius 2 is 1.81 bits per heavy atom. The van der Waals surface area contributed by atoms with Gasteiger partial charge in [0.1, 0.15) is 11.9 Å². The van der Waals surface area contributed by atoms with Gasteiger partial charge in [-0.15, -0.1) is 0 Å². The number of carbonyl (C=O) groups excluding carboxylic acids is 2. The highest BCUT2D eigenvalue weighted by Gasteiger charge is 2.44. The molecule has 0 aromatic heterocycles. The third-order valence-corrected chi connectivity index (χ3v) is 6.33. The van der Waals surface area contributed by atoms with Crippen LogP contribution >= 0.6 is 0 Å². The second kappa shape index (κ2) is 7.11. The predicted molar refractivity (Wildman–Crippen MR) is 98.0 cm³/mol. The first-order valence-electron chi connectivity index (χ1n) is 8.41. The molecule has 1 N–H and O–H groups in total. The molecule has 0 unspecified atom stereocenters. The van der Waals surface area contributed by atoms with Gasteiger partial charge in [-0.3, -0.25) is 9.59 Å². The summed E-state index contributed by atoms with van der Waals surface area (Å²) in [6.07, 6.45) is 0.0571. The molecule has 2 aromatic carbocycles. The van der Waals surface area contributed by atoms with Crippen LogP contribution in [0.3, 0.4) is 0 Å². The molecular weight excluding hydrogens is 371 g/mol. The number of sulfonamides is 1. The fraction of sp³-hybridized carbons (Fsp3) is 0.263. The van der Waals surface area contributed by atoms with Crippen molar-refractivity contribution in [3.05, 3.63) is 59.4 Å². The number of hydrogen-bond acceptors (Lipinski definition) is 4. The van der Waals surface area contributed by atoms with E-state index in [9.17, 15) is 22.4 Å². The molecule has 2 amide bonds. The Kier molecular flexibility index (Phi) is 5.01. The van der Waals surface area contributed by atoms with Crippen molar-refractivity contribution in [2.75, 3.05) is 5.32 Å². The van der Waals surface area contributed by atoms with E-state index >= 15 is 0 Å². The molecule has 0 aliphatic carbocycles. The van der Waals surface area contributed by atoms with Gasteiger partial charge >= 0.3 is 0 Å². The zero-order valence-corrected chi connectivity index (χ0v) is 15.7. The summed E-state index contributed by atoms with van der Waals surface area (Å²) < 4.78 is 39.7. The third kappa shape index (κ3) is 3.71. The highest BCUT2D eigenvalue weighted by atomic mass is 32.2. The van der Waals surface area contributed by atoms with E-state index in [-0.39, 0.29) is 17.7 Å². The van der Waals surface area contributed by atoms with Gasteiger partial charge in [-0.1, -0.05) is 17.7 Å². The Morgan fingerprint density at radius 1 is 1.15 bits per heavy atom. The third-order valence-electron chi connectivity index (χ3n) is 4.49. The molecule has 0 radical (unpaired) electrons. The number of hydrogen-bond donors (Lipinski definition) is 1. The van der Waals surface area contributed by atoms with Crippen LogP contribution in [0.15, 0.2) is 47.4 Å². The van der Waals surface area contributed by atoms with Crippen LogP contribution in [0.1, 0.15) is 24.0 Å². The largest absolute Gasteiger partial charge is 0.324 e. The molecule has 1 aliphatic rings. The molecule has 1 aliphatic heterocycles. The number of amides is 2. The van der Waals surface area contributed by atoms with Crippen molar-refractivity contribution in [1.29, 1.82) is 0 Å². The van der Waals surface area contributed by atoms with E-state index < -0.39 is 33.7 Å². The van der Waals surface area contributed by atoms with Crippen LogP contribution < -0.4 is 5.32 Å². The minimum absolute atomic E-state index is 0.0361. The lowest BCUT2D eigenvalue weighted by Crippen LogP contribution is -2.45. The SMILES string of the molecule is Cc1ccc(S(=O)(=O)N2C(=O)CC[C@@H]2C(=O)Nc2ccc(F)cc2C)cc1. The number of benzene rings is 2. The molecule has 2 aromatic rings. The summed E-state index contributed by atoms with van der Waals surface area (Å²) in [7, 11) is -4.15. The number of nitrogens with one attached hydrogen (secondary N) is 1. The maximum absolute atomic E-state index is 13.2. The van der Waals surface area contributed by atoms with Gasteiger partial charge in [-0.25, -0.2) is 17.1 Å². The molecule has 27 heavy (non-hydrogen) atoms. The maximum Gasteiger partial charge on any atom is 0.267 e. The molecule has 6 nitrogen and oxygen atoms in total. The van der Waals surface area contributed by atoms with Gasteiger partial charge in [0.05, 0.1) is 4.90 Å². The molecule has 0 bridgehead atoms. The van der Waals surface area contributed by atoms with E-state index in [0.717, 1.165) is 5.56 Å². The number of carbonyl (C=O) groups is 2. The molecule has 1 saturated heterocycles. The standard InChI is InChI=1S/C19H19FN2O4S/c1-12-3-6-15(7-4-12)27(25,26)22-17(9-10-18(22)23)19(24)21-16-8-5-14(20)11-13(16)2/h3-8,11,17H,9-10H2,1-2H3,(H,21,24)/t17-/m1/s1. The first kappa shape index (κ1) is 19.0. The molecule has 1 heterocycles. The fourth-order valence-corrected chi connectivity index (χ4v) is 4.61. The van der Waals surface area contributed by atoms with Gasteiger partial charge in [0.2, 0.25) is 11.8 Å². The zero-order valence-electron chi connectivity index (χ0n) is 14.9. The van der Waals surface area contributed by atoms with Gasteiger partial charge in [0, 0.05) is 12.1 Å².